The largest absolute Gasteiger partial charge is 0.330 e. The minimum Gasteiger partial charge on any atom is -0.330 e. The first-order valence-corrected chi connectivity index (χ1v) is 5.27. The number of nitrogens with two attached hydrogens (primary N) is 1. The van der Waals surface area contributed by atoms with E-state index in [-0.39, 0.29) is 5.82 Å². The predicted molar refractivity (Wildman–Crippen MR) is 55.6 cm³/mol. The fourth-order valence-electron chi connectivity index (χ4n) is 2.21. The van der Waals surface area contributed by atoms with Crippen LogP contribution in [-0.4, -0.2) is 6.54 Å². The summed E-state index contributed by atoms with van der Waals surface area (Å²) in [5, 5.41) is 0. The molecule has 0 radical (unpaired) electrons. The average molecular weight is 211 g/mol. The van der Waals surface area contributed by atoms with E-state index in [1.54, 1.807) is 12.1 Å². The van der Waals surface area contributed by atoms with Crippen molar-refractivity contribution >= 4 is 0 Å². The minimum absolute atomic E-state index is 0.338. The van der Waals surface area contributed by atoms with Gasteiger partial charge in [-0.2, -0.15) is 0 Å². The first-order valence-electron chi connectivity index (χ1n) is 5.27. The van der Waals surface area contributed by atoms with Crippen molar-refractivity contribution in [1.82, 2.24) is 0 Å². The lowest BCUT2D eigenvalue weighted by Crippen LogP contribution is -2.41. The summed E-state index contributed by atoms with van der Waals surface area (Å²) >= 11 is 0. The molecule has 0 saturated heterocycles. The Morgan fingerprint density at radius 3 is 2.60 bits per heavy atom. The van der Waals surface area contributed by atoms with Crippen molar-refractivity contribution in [2.24, 2.45) is 11.1 Å². The van der Waals surface area contributed by atoms with Crippen LogP contribution in [0.4, 0.5) is 8.78 Å². The number of hydrogen-bond acceptors (Lipinski definition) is 1. The van der Waals surface area contributed by atoms with Crippen molar-refractivity contribution in [3.8, 4) is 0 Å². The van der Waals surface area contributed by atoms with Gasteiger partial charge in [0.05, 0.1) is 0 Å². The monoisotopic (exact) mass is 211 g/mol. The average Bonchev–Trinajstić information content (AvgIpc) is 2.17. The molecular weight excluding hydrogens is 196 g/mol. The fourth-order valence-corrected chi connectivity index (χ4v) is 2.21. The van der Waals surface area contributed by atoms with Gasteiger partial charge in [-0.25, -0.2) is 8.78 Å². The quantitative estimate of drug-likeness (QED) is 0.817. The zero-order valence-corrected chi connectivity index (χ0v) is 8.55. The van der Waals surface area contributed by atoms with E-state index in [9.17, 15) is 8.78 Å². The molecule has 2 rings (SSSR count). The van der Waals surface area contributed by atoms with Gasteiger partial charge < -0.3 is 5.73 Å². The van der Waals surface area contributed by atoms with Crippen LogP contribution >= 0.6 is 0 Å². The van der Waals surface area contributed by atoms with Gasteiger partial charge in [0, 0.05) is 12.0 Å². The van der Waals surface area contributed by atoms with Gasteiger partial charge in [0.2, 0.25) is 0 Å². The van der Waals surface area contributed by atoms with Gasteiger partial charge in [0.1, 0.15) is 12.0 Å². The first-order chi connectivity index (χ1) is 7.18. The summed E-state index contributed by atoms with van der Waals surface area (Å²) in [7, 11) is 0. The molecule has 1 aliphatic carbocycles. The summed E-state index contributed by atoms with van der Waals surface area (Å²) < 4.78 is 27.1. The van der Waals surface area contributed by atoms with Crippen molar-refractivity contribution in [2.45, 2.75) is 25.4 Å². The van der Waals surface area contributed by atoms with Crippen molar-refractivity contribution in [3.63, 3.8) is 0 Å². The minimum atomic E-state index is -1.13. The van der Waals surface area contributed by atoms with Crippen LogP contribution < -0.4 is 5.73 Å². The first kappa shape index (κ1) is 10.6. The summed E-state index contributed by atoms with van der Waals surface area (Å²) in [5.74, 6) is -0.387. The lowest BCUT2D eigenvalue weighted by molar-refractivity contribution is 0.0282. The van der Waals surface area contributed by atoms with Crippen molar-refractivity contribution in [1.29, 1.82) is 0 Å². The van der Waals surface area contributed by atoms with Gasteiger partial charge >= 0.3 is 0 Å². The van der Waals surface area contributed by atoms with Crippen LogP contribution in [0.1, 0.15) is 31.0 Å². The molecule has 15 heavy (non-hydrogen) atoms. The highest BCUT2D eigenvalue weighted by Gasteiger charge is 2.44. The molecule has 2 N–H and O–H groups in total. The lowest BCUT2D eigenvalue weighted by atomic mass is 9.64. The summed E-state index contributed by atoms with van der Waals surface area (Å²) in [6.45, 7) is 0.338. The molecule has 1 unspecified atom stereocenters. The normalized spacial score (nSPS) is 20.7. The molecule has 0 aliphatic heterocycles. The standard InChI is InChI=1S/C12H15F2N/c13-10-4-1-3-9(7-10)11(14)12(8-15)5-2-6-12/h1,3-4,7,11H,2,5-6,8,15H2. The van der Waals surface area contributed by atoms with Gasteiger partial charge in [0.25, 0.3) is 0 Å². The number of halogens is 2. The molecule has 0 bridgehead atoms. The molecule has 1 aromatic rings. The summed E-state index contributed by atoms with van der Waals surface area (Å²) in [6, 6.07) is 5.76. The fraction of sp³-hybridized carbons (Fsp3) is 0.500. The van der Waals surface area contributed by atoms with E-state index in [1.165, 1.54) is 12.1 Å². The van der Waals surface area contributed by atoms with Crippen molar-refractivity contribution in [3.05, 3.63) is 35.6 Å². The third kappa shape index (κ3) is 1.76. The van der Waals surface area contributed by atoms with Crippen LogP contribution in [0.25, 0.3) is 0 Å². The molecule has 1 aliphatic rings. The second-order valence-corrected chi connectivity index (χ2v) is 4.34. The van der Waals surface area contributed by atoms with Crippen molar-refractivity contribution in [2.75, 3.05) is 6.54 Å². The van der Waals surface area contributed by atoms with Crippen LogP contribution in [0, 0.1) is 11.2 Å². The van der Waals surface area contributed by atoms with E-state index in [2.05, 4.69) is 0 Å². The molecule has 0 amide bonds. The highest BCUT2D eigenvalue weighted by molar-refractivity contribution is 5.22. The highest BCUT2D eigenvalue weighted by atomic mass is 19.1. The number of hydrogen-bond donors (Lipinski definition) is 1. The topological polar surface area (TPSA) is 26.0 Å². The van der Waals surface area contributed by atoms with Crippen molar-refractivity contribution < 1.29 is 8.78 Å². The molecule has 1 saturated carbocycles. The Hall–Kier alpha value is -0.960. The SMILES string of the molecule is NCC1(C(F)c2cccc(F)c2)CCC1. The van der Waals surface area contributed by atoms with E-state index in [0.717, 1.165) is 19.3 Å². The number of rotatable bonds is 3. The van der Waals surface area contributed by atoms with Crippen LogP contribution in [0.2, 0.25) is 0 Å². The van der Waals surface area contributed by atoms with Gasteiger partial charge in [-0.3, -0.25) is 0 Å². The van der Waals surface area contributed by atoms with Crippen LogP contribution in [0.5, 0.6) is 0 Å². The van der Waals surface area contributed by atoms with Gasteiger partial charge in [-0.15, -0.1) is 0 Å². The molecule has 0 aromatic heterocycles. The maximum atomic E-state index is 14.2. The molecule has 1 atom stereocenters. The Balaban J connectivity index is 2.23. The molecule has 1 aromatic carbocycles. The molecule has 0 heterocycles. The van der Waals surface area contributed by atoms with E-state index >= 15 is 0 Å². The molecule has 1 nitrogen and oxygen atoms in total. The van der Waals surface area contributed by atoms with E-state index in [0.29, 0.717) is 12.1 Å². The lowest BCUT2D eigenvalue weighted by Gasteiger charge is -2.43. The van der Waals surface area contributed by atoms with E-state index in [4.69, 9.17) is 5.73 Å². The van der Waals surface area contributed by atoms with Crippen LogP contribution in [0.15, 0.2) is 24.3 Å². The third-order valence-electron chi connectivity index (χ3n) is 3.43. The van der Waals surface area contributed by atoms with E-state index in [1.807, 2.05) is 0 Å². The molecule has 1 fully saturated rings. The Bertz CT molecular complexity index is 342. The number of benzene rings is 1. The smallest absolute Gasteiger partial charge is 0.132 e. The summed E-state index contributed by atoms with van der Waals surface area (Å²) in [6.07, 6.45) is 1.50. The summed E-state index contributed by atoms with van der Waals surface area (Å²) in [5.41, 5.74) is 5.59. The second kappa shape index (κ2) is 3.89. The zero-order chi connectivity index (χ0) is 10.9. The molecule has 3 heteroatoms. The molecule has 82 valence electrons. The highest BCUT2D eigenvalue weighted by Crippen LogP contribution is 2.51. The van der Waals surface area contributed by atoms with Crippen LogP contribution in [0.3, 0.4) is 0 Å². The predicted octanol–water partition coefficient (Wildman–Crippen LogP) is 2.97. The maximum Gasteiger partial charge on any atom is 0.132 e. The van der Waals surface area contributed by atoms with Crippen LogP contribution in [-0.2, 0) is 0 Å². The second-order valence-electron chi connectivity index (χ2n) is 4.34. The third-order valence-corrected chi connectivity index (χ3v) is 3.43. The number of alkyl halides is 1. The van der Waals surface area contributed by atoms with E-state index < -0.39 is 11.6 Å². The Kier molecular flexibility index (Phi) is 2.74. The molecular formula is C12H15F2N. The Labute approximate surface area is 88.3 Å². The van der Waals surface area contributed by atoms with Gasteiger partial charge in [-0.1, -0.05) is 18.6 Å². The van der Waals surface area contributed by atoms with Gasteiger partial charge in [-0.05, 0) is 30.5 Å². The molecule has 0 spiro atoms. The maximum absolute atomic E-state index is 14.2. The summed E-state index contributed by atoms with van der Waals surface area (Å²) in [4.78, 5) is 0. The Morgan fingerprint density at radius 1 is 1.40 bits per heavy atom. The zero-order valence-electron chi connectivity index (χ0n) is 8.55. The Morgan fingerprint density at radius 2 is 2.13 bits per heavy atom. The van der Waals surface area contributed by atoms with Gasteiger partial charge in [0.15, 0.2) is 0 Å².